The number of rotatable bonds is 4. The number of nitrogens with one attached hydrogen (secondary N) is 2. The van der Waals surface area contributed by atoms with Crippen LogP contribution in [0.3, 0.4) is 0 Å². The van der Waals surface area contributed by atoms with Crippen LogP contribution in [0.15, 0.2) is 41.7 Å². The summed E-state index contributed by atoms with van der Waals surface area (Å²) in [6, 6.07) is 3.61. The van der Waals surface area contributed by atoms with Crippen molar-refractivity contribution in [2.45, 2.75) is 19.9 Å². The first-order valence-corrected chi connectivity index (χ1v) is 9.03. The van der Waals surface area contributed by atoms with Crippen molar-refractivity contribution in [2.75, 3.05) is 18.4 Å². The Labute approximate surface area is 160 Å². The number of amides is 1. The Hall–Kier alpha value is -3.62. The summed E-state index contributed by atoms with van der Waals surface area (Å²) in [5.41, 5.74) is 2.18. The molecule has 4 heterocycles. The maximum absolute atomic E-state index is 12.8. The predicted molar refractivity (Wildman–Crippen MR) is 103 cm³/mol. The monoisotopic (exact) mass is 377 g/mol. The molecule has 3 aromatic heterocycles. The topological polar surface area (TPSA) is 117 Å². The van der Waals surface area contributed by atoms with Crippen molar-refractivity contribution < 1.29 is 4.79 Å². The standard InChI is InChI=1S/C19H19N7O2/c1-2-21-19-22-9-13(10-23-19)18(28)26-7-5-14-15(11-26)24-16(25-17(14)27)12-4-3-6-20-8-12/h3-4,6,8-10H,2,5,7,11H2,1H3,(H,21,22,23)(H,24,25,27). The predicted octanol–water partition coefficient (Wildman–Crippen LogP) is 1.25. The molecular formula is C19H19N7O2. The number of aromatic amines is 1. The number of hydrogen-bond donors (Lipinski definition) is 2. The lowest BCUT2D eigenvalue weighted by Crippen LogP contribution is -2.39. The number of fused-ring (bicyclic) bond motifs is 1. The van der Waals surface area contributed by atoms with Gasteiger partial charge in [0.15, 0.2) is 0 Å². The van der Waals surface area contributed by atoms with Crippen LogP contribution < -0.4 is 10.9 Å². The molecule has 0 aliphatic carbocycles. The Bertz CT molecular complexity index is 1050. The van der Waals surface area contributed by atoms with Crippen LogP contribution >= 0.6 is 0 Å². The largest absolute Gasteiger partial charge is 0.355 e. The van der Waals surface area contributed by atoms with Crippen LogP contribution in [-0.4, -0.2) is 48.8 Å². The molecule has 0 unspecified atom stereocenters. The van der Waals surface area contributed by atoms with Crippen LogP contribution in [0.4, 0.5) is 5.95 Å². The van der Waals surface area contributed by atoms with E-state index in [1.807, 2.05) is 13.0 Å². The smallest absolute Gasteiger partial charge is 0.257 e. The molecule has 0 saturated carbocycles. The molecule has 1 amide bonds. The molecule has 0 radical (unpaired) electrons. The van der Waals surface area contributed by atoms with Crippen LogP contribution in [-0.2, 0) is 13.0 Å². The van der Waals surface area contributed by atoms with Crippen molar-refractivity contribution in [1.29, 1.82) is 0 Å². The van der Waals surface area contributed by atoms with E-state index in [4.69, 9.17) is 0 Å². The van der Waals surface area contributed by atoms with E-state index < -0.39 is 0 Å². The number of hydrogen-bond acceptors (Lipinski definition) is 7. The van der Waals surface area contributed by atoms with Gasteiger partial charge in [0.2, 0.25) is 5.95 Å². The first-order chi connectivity index (χ1) is 13.7. The number of nitrogens with zero attached hydrogens (tertiary/aromatic N) is 5. The molecule has 1 aliphatic rings. The first kappa shape index (κ1) is 17.8. The Morgan fingerprint density at radius 2 is 2.11 bits per heavy atom. The van der Waals surface area contributed by atoms with E-state index in [9.17, 15) is 9.59 Å². The zero-order valence-corrected chi connectivity index (χ0v) is 15.3. The van der Waals surface area contributed by atoms with Gasteiger partial charge < -0.3 is 15.2 Å². The van der Waals surface area contributed by atoms with Gasteiger partial charge in [0, 0.05) is 49.0 Å². The number of carbonyl (C=O) groups is 1. The minimum absolute atomic E-state index is 0.172. The van der Waals surface area contributed by atoms with E-state index in [2.05, 4.69) is 30.2 Å². The fourth-order valence-corrected chi connectivity index (χ4v) is 3.12. The van der Waals surface area contributed by atoms with Gasteiger partial charge in [-0.1, -0.05) is 0 Å². The van der Waals surface area contributed by atoms with Gasteiger partial charge in [0.25, 0.3) is 11.5 Å². The summed E-state index contributed by atoms with van der Waals surface area (Å²) in [4.78, 5) is 46.7. The zero-order chi connectivity index (χ0) is 19.5. The molecular weight excluding hydrogens is 358 g/mol. The molecule has 0 bridgehead atoms. The maximum Gasteiger partial charge on any atom is 0.257 e. The Morgan fingerprint density at radius 1 is 1.29 bits per heavy atom. The molecule has 0 aromatic carbocycles. The number of pyridine rings is 1. The van der Waals surface area contributed by atoms with Gasteiger partial charge in [0.05, 0.1) is 17.8 Å². The summed E-state index contributed by atoms with van der Waals surface area (Å²) >= 11 is 0. The Balaban J connectivity index is 1.59. The van der Waals surface area contributed by atoms with Gasteiger partial charge in [0.1, 0.15) is 5.82 Å². The lowest BCUT2D eigenvalue weighted by atomic mass is 10.1. The van der Waals surface area contributed by atoms with Crippen LogP contribution in [0.25, 0.3) is 11.4 Å². The zero-order valence-electron chi connectivity index (χ0n) is 15.3. The summed E-state index contributed by atoms with van der Waals surface area (Å²) in [6.45, 7) is 3.36. The Morgan fingerprint density at radius 3 is 2.82 bits per heavy atom. The third-order valence-electron chi connectivity index (χ3n) is 4.53. The van der Waals surface area contributed by atoms with E-state index in [1.54, 1.807) is 23.4 Å². The number of carbonyl (C=O) groups excluding carboxylic acids is 1. The third kappa shape index (κ3) is 3.46. The average molecular weight is 377 g/mol. The van der Waals surface area contributed by atoms with Crippen LogP contribution in [0, 0.1) is 0 Å². The molecule has 0 fully saturated rings. The van der Waals surface area contributed by atoms with Crippen LogP contribution in [0.5, 0.6) is 0 Å². The fourth-order valence-electron chi connectivity index (χ4n) is 3.12. The fraction of sp³-hybridized carbons (Fsp3) is 0.263. The second-order valence-corrected chi connectivity index (χ2v) is 6.38. The van der Waals surface area contributed by atoms with Gasteiger partial charge in [-0.15, -0.1) is 0 Å². The number of H-pyrrole nitrogens is 1. The molecule has 28 heavy (non-hydrogen) atoms. The summed E-state index contributed by atoms with van der Waals surface area (Å²) in [5.74, 6) is 0.750. The van der Waals surface area contributed by atoms with E-state index in [1.165, 1.54) is 12.4 Å². The third-order valence-corrected chi connectivity index (χ3v) is 4.53. The van der Waals surface area contributed by atoms with Crippen molar-refractivity contribution in [3.05, 3.63) is 64.1 Å². The van der Waals surface area contributed by atoms with Gasteiger partial charge in [-0.25, -0.2) is 15.0 Å². The molecule has 0 atom stereocenters. The summed E-state index contributed by atoms with van der Waals surface area (Å²) in [7, 11) is 0. The SMILES string of the molecule is CCNc1ncc(C(=O)N2CCc3c(nc(-c4cccnc4)[nH]c3=O)C2)cn1. The van der Waals surface area contributed by atoms with E-state index >= 15 is 0 Å². The normalized spacial score (nSPS) is 13.1. The summed E-state index contributed by atoms with van der Waals surface area (Å²) in [6.07, 6.45) is 6.76. The molecule has 0 saturated heterocycles. The van der Waals surface area contributed by atoms with Gasteiger partial charge in [-0.2, -0.15) is 0 Å². The summed E-state index contributed by atoms with van der Waals surface area (Å²) < 4.78 is 0. The quantitative estimate of drug-likeness (QED) is 0.703. The number of anilines is 1. The van der Waals surface area contributed by atoms with Crippen LogP contribution in [0.1, 0.15) is 28.5 Å². The molecule has 2 N–H and O–H groups in total. The summed E-state index contributed by atoms with van der Waals surface area (Å²) in [5, 5.41) is 2.99. The minimum Gasteiger partial charge on any atom is -0.355 e. The second kappa shape index (κ2) is 7.55. The lowest BCUT2D eigenvalue weighted by molar-refractivity contribution is 0.0730. The van der Waals surface area contributed by atoms with Crippen molar-refractivity contribution in [3.63, 3.8) is 0 Å². The molecule has 3 aromatic rings. The van der Waals surface area contributed by atoms with Crippen molar-refractivity contribution in [2.24, 2.45) is 0 Å². The lowest BCUT2D eigenvalue weighted by Gasteiger charge is -2.27. The Kier molecular flexibility index (Phi) is 4.79. The molecule has 142 valence electrons. The maximum atomic E-state index is 12.8. The molecule has 9 nitrogen and oxygen atoms in total. The van der Waals surface area contributed by atoms with Crippen LogP contribution in [0.2, 0.25) is 0 Å². The molecule has 0 spiro atoms. The highest BCUT2D eigenvalue weighted by Gasteiger charge is 2.25. The van der Waals surface area contributed by atoms with Gasteiger partial charge in [-0.05, 0) is 25.5 Å². The molecule has 9 heteroatoms. The van der Waals surface area contributed by atoms with Crippen molar-refractivity contribution in [1.82, 2.24) is 29.8 Å². The minimum atomic E-state index is -0.182. The second-order valence-electron chi connectivity index (χ2n) is 6.38. The highest BCUT2D eigenvalue weighted by atomic mass is 16.2. The highest BCUT2D eigenvalue weighted by molar-refractivity contribution is 5.93. The van der Waals surface area contributed by atoms with Crippen molar-refractivity contribution in [3.8, 4) is 11.4 Å². The van der Waals surface area contributed by atoms with Crippen molar-refractivity contribution >= 4 is 11.9 Å². The molecule has 4 rings (SSSR count). The highest BCUT2D eigenvalue weighted by Crippen LogP contribution is 2.19. The van der Waals surface area contributed by atoms with E-state index in [0.717, 1.165) is 5.56 Å². The molecule has 1 aliphatic heterocycles. The average Bonchev–Trinajstić information content (AvgIpc) is 2.74. The number of aromatic nitrogens is 5. The van der Waals surface area contributed by atoms with Gasteiger partial charge >= 0.3 is 0 Å². The first-order valence-electron chi connectivity index (χ1n) is 9.03. The van der Waals surface area contributed by atoms with E-state index in [0.29, 0.717) is 48.1 Å². The van der Waals surface area contributed by atoms with E-state index in [-0.39, 0.29) is 18.0 Å². The van der Waals surface area contributed by atoms with Gasteiger partial charge in [-0.3, -0.25) is 14.6 Å².